The van der Waals surface area contributed by atoms with Gasteiger partial charge in [0, 0.05) is 59.9 Å². The zero-order valence-corrected chi connectivity index (χ0v) is 37.6. The van der Waals surface area contributed by atoms with Crippen LogP contribution < -0.4 is 10.6 Å². The Morgan fingerprint density at radius 3 is 2.22 bits per heavy atom. The van der Waals surface area contributed by atoms with Crippen LogP contribution in [-0.2, 0) is 36.8 Å². The van der Waals surface area contributed by atoms with Crippen LogP contribution >= 0.6 is 0 Å². The van der Waals surface area contributed by atoms with E-state index in [1.807, 2.05) is 67.4 Å². The quantitative estimate of drug-likeness (QED) is 0.0945. The Bertz CT molecular complexity index is 2850. The molecule has 2 aromatic carbocycles. The predicted octanol–water partition coefficient (Wildman–Crippen LogP) is 7.67. The van der Waals surface area contributed by atoms with E-state index in [9.17, 15) is 32.3 Å². The van der Waals surface area contributed by atoms with Gasteiger partial charge in [-0.2, -0.15) is 13.2 Å². The van der Waals surface area contributed by atoms with Crippen molar-refractivity contribution < 1.29 is 51.7 Å². The first-order chi connectivity index (χ1) is 32.5. The molecule has 9 rings (SSSR count). The number of H-pyrrole nitrogens is 2. The molecule has 0 bridgehead atoms. The number of nitrogens with one attached hydrogen (secondary N) is 4. The van der Waals surface area contributed by atoms with E-state index >= 15 is 0 Å². The number of rotatable bonds is 9. The number of hydrogen-bond acceptors (Lipinski definition) is 10. The van der Waals surface area contributed by atoms with Gasteiger partial charge in [-0.25, -0.2) is 29.3 Å². The molecule has 4 aromatic heterocycles. The number of pyridine rings is 1. The Kier molecular flexibility index (Phi) is 13.4. The topological polar surface area (TPSA) is 227 Å². The van der Waals surface area contributed by atoms with Crippen LogP contribution in [0, 0.1) is 5.92 Å². The summed E-state index contributed by atoms with van der Waals surface area (Å²) in [5.41, 5.74) is 8.46. The van der Waals surface area contributed by atoms with E-state index in [4.69, 9.17) is 34.3 Å². The van der Waals surface area contributed by atoms with Crippen molar-refractivity contribution in [3.8, 4) is 33.8 Å². The molecule has 68 heavy (non-hydrogen) atoms. The smallest absolute Gasteiger partial charge is 0.475 e. The number of alkyl carbamates (subject to hydrolysis) is 2. The average Bonchev–Trinajstić information content (AvgIpc) is 4.17. The molecule has 3 aliphatic rings. The molecule has 5 atom stereocenters. The van der Waals surface area contributed by atoms with E-state index in [0.717, 1.165) is 81.0 Å². The van der Waals surface area contributed by atoms with Crippen LogP contribution in [0.15, 0.2) is 79.3 Å². The number of aryl methyl sites for hydroxylation is 1. The maximum absolute atomic E-state index is 13.8. The summed E-state index contributed by atoms with van der Waals surface area (Å²) in [7, 11) is 2.63. The highest BCUT2D eigenvalue weighted by Gasteiger charge is 2.42. The standard InChI is InChI=1S/C46H49N9O6.C2HF3O2/c1-25(2)40(53-46(59)61-4)44(57)55-18-5-6-37(55)43-48-23-36(51-43)30-13-15-33-29(20-30)12-14-32(49-33)26-7-9-27(10-8-26)35-22-47-42(50-35)31-21-38(56)39-34(52-45(58)60-3)16-11-28-17-19-54(24-31)41(28)39;3-2(4,5)1(6)7/h7-10,12-15,17,19-20,22-23,25,31,34,37,39-40H,5-6,11,16,18,21,24H2,1-4H3,(H,47,50)(H,48,51)(H,52,58)(H,53,59);(H,6,7)/t31-,34-,37-,39?,40-;/m0./s1. The van der Waals surface area contributed by atoms with E-state index in [2.05, 4.69) is 49.6 Å². The fourth-order valence-corrected chi connectivity index (χ4v) is 9.36. The average molecular weight is 938 g/mol. The normalized spacial score (nSPS) is 19.4. The molecule has 3 amide bonds. The minimum Gasteiger partial charge on any atom is -0.475 e. The van der Waals surface area contributed by atoms with Gasteiger partial charge in [-0.1, -0.05) is 50.2 Å². The number of Topliss-reactive ketones (excluding diaryl/α,β-unsaturated/α-hetero) is 1. The lowest BCUT2D eigenvalue weighted by Crippen LogP contribution is -2.51. The summed E-state index contributed by atoms with van der Waals surface area (Å²) in [6, 6.07) is 19.2. The summed E-state index contributed by atoms with van der Waals surface area (Å²) in [6.45, 7) is 5.01. The van der Waals surface area contributed by atoms with E-state index in [-0.39, 0.29) is 35.6 Å². The Morgan fingerprint density at radius 1 is 0.868 bits per heavy atom. The highest BCUT2D eigenvalue weighted by atomic mass is 19.4. The van der Waals surface area contributed by atoms with Crippen molar-refractivity contribution in [2.45, 2.75) is 88.6 Å². The molecule has 6 heterocycles. The van der Waals surface area contributed by atoms with E-state index in [1.54, 1.807) is 6.20 Å². The molecule has 20 heteroatoms. The Morgan fingerprint density at radius 2 is 1.53 bits per heavy atom. The lowest BCUT2D eigenvalue weighted by Gasteiger charge is -2.31. The van der Waals surface area contributed by atoms with E-state index < -0.39 is 36.3 Å². The number of carboxylic acids is 1. The molecule has 356 valence electrons. The van der Waals surface area contributed by atoms with Gasteiger partial charge in [0.25, 0.3) is 0 Å². The fourth-order valence-electron chi connectivity index (χ4n) is 9.36. The third-order valence-corrected chi connectivity index (χ3v) is 12.8. The number of imidazole rings is 2. The summed E-state index contributed by atoms with van der Waals surface area (Å²) in [5.74, 6) is -2.01. The molecular formula is C48H50F3N9O8. The number of amides is 3. The summed E-state index contributed by atoms with van der Waals surface area (Å²) in [5, 5.41) is 13.7. The van der Waals surface area contributed by atoms with Gasteiger partial charge in [-0.15, -0.1) is 0 Å². The number of carboxylic acid groups (broad SMARTS) is 1. The third kappa shape index (κ3) is 9.79. The lowest BCUT2D eigenvalue weighted by atomic mass is 9.79. The first-order valence-corrected chi connectivity index (χ1v) is 22.1. The first kappa shape index (κ1) is 47.0. The van der Waals surface area contributed by atoms with Gasteiger partial charge in [0.05, 0.1) is 61.2 Å². The van der Waals surface area contributed by atoms with Crippen LogP contribution in [0.4, 0.5) is 22.8 Å². The molecule has 1 aliphatic carbocycles. The number of methoxy groups -OCH3 is 2. The second-order valence-corrected chi connectivity index (χ2v) is 17.4. The predicted molar refractivity (Wildman–Crippen MR) is 241 cm³/mol. The number of aliphatic carboxylic acids is 1. The number of fused-ring (bicyclic) bond motifs is 1. The Labute approximate surface area is 387 Å². The number of ether oxygens (including phenoxy) is 2. The number of hydrogen-bond donors (Lipinski definition) is 5. The number of alkyl halides is 3. The lowest BCUT2D eigenvalue weighted by molar-refractivity contribution is -0.192. The van der Waals surface area contributed by atoms with Gasteiger partial charge in [-0.05, 0) is 67.0 Å². The zero-order valence-electron chi connectivity index (χ0n) is 37.6. The second kappa shape index (κ2) is 19.4. The molecule has 5 N–H and O–H groups in total. The summed E-state index contributed by atoms with van der Waals surface area (Å²) in [6.07, 6.45) is 2.85. The van der Waals surface area contributed by atoms with Gasteiger partial charge >= 0.3 is 24.3 Å². The maximum atomic E-state index is 13.8. The first-order valence-electron chi connectivity index (χ1n) is 22.1. The van der Waals surface area contributed by atoms with Crippen LogP contribution in [0.2, 0.25) is 0 Å². The van der Waals surface area contributed by atoms with Gasteiger partial charge in [0.1, 0.15) is 23.5 Å². The third-order valence-electron chi connectivity index (χ3n) is 12.8. The second-order valence-electron chi connectivity index (χ2n) is 17.4. The summed E-state index contributed by atoms with van der Waals surface area (Å²) in [4.78, 5) is 83.7. The van der Waals surface area contributed by atoms with E-state index in [1.165, 1.54) is 14.2 Å². The summed E-state index contributed by atoms with van der Waals surface area (Å²) >= 11 is 0. The van der Waals surface area contributed by atoms with Crippen LogP contribution in [0.5, 0.6) is 0 Å². The highest BCUT2D eigenvalue weighted by molar-refractivity contribution is 5.89. The number of carbonyl (C=O) groups is 5. The fraction of sp³-hybridized carbons (Fsp3) is 0.375. The molecule has 2 aliphatic heterocycles. The molecule has 1 saturated heterocycles. The number of likely N-dealkylation sites (tertiary alicyclic amines) is 1. The van der Waals surface area contributed by atoms with Crippen molar-refractivity contribution >= 4 is 40.7 Å². The molecular weight excluding hydrogens is 888 g/mol. The number of halogens is 3. The number of aromatic amines is 2. The summed E-state index contributed by atoms with van der Waals surface area (Å²) < 4.78 is 43.5. The van der Waals surface area contributed by atoms with Crippen molar-refractivity contribution in [1.29, 1.82) is 0 Å². The molecule has 0 spiro atoms. The van der Waals surface area contributed by atoms with Gasteiger partial charge in [0.2, 0.25) is 5.91 Å². The molecule has 17 nitrogen and oxygen atoms in total. The van der Waals surface area contributed by atoms with Crippen LogP contribution in [0.3, 0.4) is 0 Å². The zero-order chi connectivity index (χ0) is 48.4. The Hall–Kier alpha value is -7.51. The van der Waals surface area contributed by atoms with Gasteiger partial charge in [-0.3, -0.25) is 9.59 Å². The Balaban J connectivity index is 0.000000830. The number of nitrogens with zero attached hydrogens (tertiary/aromatic N) is 5. The van der Waals surface area contributed by atoms with Crippen molar-refractivity contribution in [2.24, 2.45) is 5.92 Å². The molecule has 6 aromatic rings. The number of ketones is 1. The monoisotopic (exact) mass is 937 g/mol. The van der Waals surface area contributed by atoms with Crippen LogP contribution in [0.25, 0.3) is 44.7 Å². The van der Waals surface area contributed by atoms with Crippen LogP contribution in [0.1, 0.15) is 80.3 Å². The molecule has 1 fully saturated rings. The SMILES string of the molecule is COC(=O)N[C@H]1CCc2ccn3c2C1C(=O)C[C@H](c1ncc(-c2ccc(-c4ccc5cc(-c6cnc([C@@H]7CCCN7C(=O)[C@@H](NC(=O)OC)C(C)C)[nH]6)ccc5n4)cc2)[nH]1)C3.O=C(O)C(F)(F)F. The molecule has 0 radical (unpaired) electrons. The van der Waals surface area contributed by atoms with Crippen LogP contribution in [-0.4, -0.2) is 108 Å². The molecule has 1 unspecified atom stereocenters. The van der Waals surface area contributed by atoms with Crippen molar-refractivity contribution in [3.05, 3.63) is 102 Å². The number of benzene rings is 2. The minimum absolute atomic E-state index is 0.0931. The number of carbonyl (C=O) groups excluding carboxylic acids is 4. The van der Waals surface area contributed by atoms with Crippen molar-refractivity contribution in [2.75, 3.05) is 20.8 Å². The van der Waals surface area contributed by atoms with Crippen molar-refractivity contribution in [3.63, 3.8) is 0 Å². The molecule has 0 saturated carbocycles. The number of aromatic nitrogens is 6. The maximum Gasteiger partial charge on any atom is 0.490 e. The van der Waals surface area contributed by atoms with Crippen molar-refractivity contribution in [1.82, 2.24) is 45.0 Å². The van der Waals surface area contributed by atoms with E-state index in [0.29, 0.717) is 31.8 Å². The van der Waals surface area contributed by atoms with Gasteiger partial charge < -0.3 is 44.6 Å². The van der Waals surface area contributed by atoms with Gasteiger partial charge in [0.15, 0.2) is 0 Å². The minimum atomic E-state index is -5.08. The largest absolute Gasteiger partial charge is 0.490 e. The highest BCUT2D eigenvalue weighted by Crippen LogP contribution is 2.40.